The Bertz CT molecular complexity index is 272. The summed E-state index contributed by atoms with van der Waals surface area (Å²) in [5, 5.41) is 7.19. The molecule has 0 bridgehead atoms. The minimum atomic E-state index is -0.292. The lowest BCUT2D eigenvalue weighted by atomic mass is 10.2. The molecule has 1 heterocycles. The van der Waals surface area contributed by atoms with Gasteiger partial charge in [-0.2, -0.15) is 10.1 Å². The van der Waals surface area contributed by atoms with E-state index in [1.165, 1.54) is 6.20 Å². The van der Waals surface area contributed by atoms with Crippen LogP contribution in [-0.4, -0.2) is 20.8 Å². The van der Waals surface area contributed by atoms with Crippen molar-refractivity contribution in [3.8, 4) is 5.88 Å². The maximum Gasteiger partial charge on any atom is 0.246 e. The van der Waals surface area contributed by atoms with Gasteiger partial charge >= 0.3 is 0 Å². The van der Waals surface area contributed by atoms with Gasteiger partial charge in [-0.25, -0.2) is 0 Å². The van der Waals surface area contributed by atoms with Gasteiger partial charge in [0.1, 0.15) is 11.8 Å². The Labute approximate surface area is 75.9 Å². The van der Waals surface area contributed by atoms with Crippen LogP contribution in [0.25, 0.3) is 0 Å². The summed E-state index contributed by atoms with van der Waals surface area (Å²) in [6, 6.07) is 0. The molecule has 1 aromatic heterocycles. The molecule has 0 N–H and O–H groups in total. The molecule has 0 aromatic carbocycles. The summed E-state index contributed by atoms with van der Waals surface area (Å²) in [6.07, 6.45) is 1.43. The number of aromatic nitrogens is 3. The molecule has 5 heteroatoms. The Balaban J connectivity index is 2.77. The second kappa shape index (κ2) is 3.23. The summed E-state index contributed by atoms with van der Waals surface area (Å²) in [7, 11) is 0. The van der Waals surface area contributed by atoms with E-state index in [4.69, 9.17) is 16.3 Å². The fourth-order valence-corrected chi connectivity index (χ4v) is 0.758. The van der Waals surface area contributed by atoms with Crippen molar-refractivity contribution < 1.29 is 4.74 Å². The average molecular weight is 188 g/mol. The molecule has 0 amide bonds. The number of hydrogen-bond acceptors (Lipinski definition) is 4. The van der Waals surface area contributed by atoms with Crippen molar-refractivity contribution >= 4 is 11.6 Å². The molecule has 0 radical (unpaired) electrons. The highest BCUT2D eigenvalue weighted by atomic mass is 35.5. The third-order valence-corrected chi connectivity index (χ3v) is 1.08. The minimum Gasteiger partial charge on any atom is -0.471 e. The Morgan fingerprint density at radius 2 is 2.08 bits per heavy atom. The number of rotatable bonds is 1. The maximum absolute atomic E-state index is 5.51. The molecular weight excluding hydrogens is 178 g/mol. The lowest BCUT2D eigenvalue weighted by Gasteiger charge is -2.19. The van der Waals surface area contributed by atoms with Crippen molar-refractivity contribution in [1.82, 2.24) is 15.2 Å². The Kier molecular flexibility index (Phi) is 2.47. The van der Waals surface area contributed by atoms with Crippen LogP contribution in [0.2, 0.25) is 5.28 Å². The van der Waals surface area contributed by atoms with Crippen LogP contribution in [0.1, 0.15) is 20.8 Å². The molecule has 0 saturated carbocycles. The summed E-state index contributed by atoms with van der Waals surface area (Å²) in [5.74, 6) is 0.391. The van der Waals surface area contributed by atoms with Crippen LogP contribution in [-0.2, 0) is 0 Å². The lowest BCUT2D eigenvalue weighted by Crippen LogP contribution is -2.23. The second-order valence-electron chi connectivity index (χ2n) is 3.28. The molecule has 12 heavy (non-hydrogen) atoms. The highest BCUT2D eigenvalue weighted by Crippen LogP contribution is 2.14. The van der Waals surface area contributed by atoms with E-state index in [1.54, 1.807) is 0 Å². The van der Waals surface area contributed by atoms with E-state index in [-0.39, 0.29) is 10.9 Å². The van der Waals surface area contributed by atoms with Crippen LogP contribution in [0, 0.1) is 0 Å². The van der Waals surface area contributed by atoms with Gasteiger partial charge in [0, 0.05) is 0 Å². The van der Waals surface area contributed by atoms with Gasteiger partial charge in [-0.1, -0.05) is 0 Å². The van der Waals surface area contributed by atoms with Gasteiger partial charge < -0.3 is 4.74 Å². The molecule has 0 fully saturated rings. The first kappa shape index (κ1) is 9.19. The second-order valence-corrected chi connectivity index (χ2v) is 3.62. The van der Waals surface area contributed by atoms with Gasteiger partial charge in [-0.05, 0) is 32.4 Å². The molecule has 1 aromatic rings. The summed E-state index contributed by atoms with van der Waals surface area (Å²) < 4.78 is 5.38. The zero-order valence-electron chi connectivity index (χ0n) is 7.21. The van der Waals surface area contributed by atoms with Gasteiger partial charge in [0.15, 0.2) is 0 Å². The Morgan fingerprint density at radius 1 is 1.42 bits per heavy atom. The lowest BCUT2D eigenvalue weighted by molar-refractivity contribution is 0.123. The third-order valence-electron chi connectivity index (χ3n) is 0.922. The minimum absolute atomic E-state index is 0.0942. The van der Waals surface area contributed by atoms with Crippen LogP contribution in [0.3, 0.4) is 0 Å². The summed E-state index contributed by atoms with van der Waals surface area (Å²) in [6.45, 7) is 5.76. The summed E-state index contributed by atoms with van der Waals surface area (Å²) >= 11 is 5.51. The predicted molar refractivity (Wildman–Crippen MR) is 45.2 cm³/mol. The van der Waals surface area contributed by atoms with E-state index in [0.717, 1.165) is 0 Å². The maximum atomic E-state index is 5.51. The van der Waals surface area contributed by atoms with Crippen molar-refractivity contribution in [3.05, 3.63) is 11.5 Å². The molecule has 66 valence electrons. The zero-order valence-corrected chi connectivity index (χ0v) is 7.96. The molecule has 0 atom stereocenters. The number of halogens is 1. The van der Waals surface area contributed by atoms with Crippen molar-refractivity contribution in [3.63, 3.8) is 0 Å². The highest BCUT2D eigenvalue weighted by molar-refractivity contribution is 6.28. The van der Waals surface area contributed by atoms with Crippen LogP contribution < -0.4 is 4.74 Å². The average Bonchev–Trinajstić information content (AvgIpc) is 1.82. The molecule has 0 aliphatic rings. The van der Waals surface area contributed by atoms with Gasteiger partial charge in [0.25, 0.3) is 0 Å². The van der Waals surface area contributed by atoms with Gasteiger partial charge in [-0.3, -0.25) is 0 Å². The van der Waals surface area contributed by atoms with E-state index in [9.17, 15) is 0 Å². The Hall–Kier alpha value is -0.900. The predicted octanol–water partition coefficient (Wildman–Crippen LogP) is 1.70. The van der Waals surface area contributed by atoms with Gasteiger partial charge in [-0.15, -0.1) is 5.10 Å². The van der Waals surface area contributed by atoms with Crippen LogP contribution in [0.15, 0.2) is 6.20 Å². The van der Waals surface area contributed by atoms with Crippen molar-refractivity contribution in [2.45, 2.75) is 26.4 Å². The highest BCUT2D eigenvalue weighted by Gasteiger charge is 2.12. The first-order chi connectivity index (χ1) is 5.47. The van der Waals surface area contributed by atoms with Crippen molar-refractivity contribution in [1.29, 1.82) is 0 Å². The Morgan fingerprint density at radius 3 is 2.58 bits per heavy atom. The van der Waals surface area contributed by atoms with Gasteiger partial charge in [0.05, 0.1) is 0 Å². The zero-order chi connectivity index (χ0) is 9.19. The molecule has 4 nitrogen and oxygen atoms in total. The largest absolute Gasteiger partial charge is 0.471 e. The molecular formula is C7H10ClN3O. The number of nitrogens with zero attached hydrogens (tertiary/aromatic N) is 3. The quantitative estimate of drug-likeness (QED) is 0.672. The van der Waals surface area contributed by atoms with Crippen LogP contribution in [0.5, 0.6) is 5.88 Å². The first-order valence-electron chi connectivity index (χ1n) is 3.51. The van der Waals surface area contributed by atoms with Crippen molar-refractivity contribution in [2.24, 2.45) is 0 Å². The third kappa shape index (κ3) is 3.00. The van der Waals surface area contributed by atoms with E-state index in [2.05, 4.69) is 15.2 Å². The standard InChI is InChI=1S/C7H10ClN3O/c1-7(2,3)12-5-4-9-11-6(8)10-5/h4H,1-3H3. The fourth-order valence-electron chi connectivity index (χ4n) is 0.631. The molecule has 1 rings (SSSR count). The molecule has 0 aliphatic carbocycles. The van der Waals surface area contributed by atoms with Crippen molar-refractivity contribution in [2.75, 3.05) is 0 Å². The summed E-state index contributed by atoms with van der Waals surface area (Å²) in [5.41, 5.74) is -0.292. The van der Waals surface area contributed by atoms with Crippen LogP contribution in [0.4, 0.5) is 0 Å². The van der Waals surface area contributed by atoms with Gasteiger partial charge in [0.2, 0.25) is 11.2 Å². The molecule has 0 aliphatic heterocycles. The normalized spacial score (nSPS) is 11.3. The van der Waals surface area contributed by atoms with E-state index >= 15 is 0 Å². The molecule has 0 unspecified atom stereocenters. The first-order valence-corrected chi connectivity index (χ1v) is 3.89. The molecule has 0 saturated heterocycles. The summed E-state index contributed by atoms with van der Waals surface area (Å²) in [4.78, 5) is 3.83. The number of hydrogen-bond donors (Lipinski definition) is 0. The topological polar surface area (TPSA) is 47.9 Å². The number of ether oxygens (including phenoxy) is 1. The monoisotopic (exact) mass is 187 g/mol. The SMILES string of the molecule is CC(C)(C)Oc1cnnc(Cl)n1. The van der Waals surface area contributed by atoms with Crippen LogP contribution >= 0.6 is 11.6 Å². The smallest absolute Gasteiger partial charge is 0.246 e. The fraction of sp³-hybridized carbons (Fsp3) is 0.571. The van der Waals surface area contributed by atoms with E-state index in [0.29, 0.717) is 5.88 Å². The molecule has 0 spiro atoms. The van der Waals surface area contributed by atoms with E-state index < -0.39 is 0 Å². The van der Waals surface area contributed by atoms with E-state index in [1.807, 2.05) is 20.8 Å².